The second-order valence-electron chi connectivity index (χ2n) is 9.64. The maximum atomic E-state index is 13.8. The van der Waals surface area contributed by atoms with Gasteiger partial charge in [-0.1, -0.05) is 75.1 Å². The van der Waals surface area contributed by atoms with Crippen molar-refractivity contribution in [1.29, 1.82) is 0 Å². The minimum atomic E-state index is -0.982. The van der Waals surface area contributed by atoms with Gasteiger partial charge in [0.2, 0.25) is 5.91 Å². The SMILES string of the molecule is Cc1ccc(N2C(=O)CC2(C(=O)NC2CCCCC2)c2ccc(C(C)C)cc2)c(C)c1. The molecule has 2 fully saturated rings. The molecule has 1 N–H and O–H groups in total. The summed E-state index contributed by atoms with van der Waals surface area (Å²) in [5, 5.41) is 3.32. The molecule has 0 spiro atoms. The molecule has 1 aliphatic carbocycles. The molecule has 0 aromatic heterocycles. The Labute approximate surface area is 186 Å². The van der Waals surface area contributed by atoms with Gasteiger partial charge in [-0.25, -0.2) is 0 Å². The fourth-order valence-corrected chi connectivity index (χ4v) is 5.13. The third-order valence-corrected chi connectivity index (χ3v) is 7.00. The van der Waals surface area contributed by atoms with E-state index in [9.17, 15) is 9.59 Å². The van der Waals surface area contributed by atoms with Crippen molar-refractivity contribution < 1.29 is 9.59 Å². The molecule has 1 unspecified atom stereocenters. The first-order valence-corrected chi connectivity index (χ1v) is 11.6. The lowest BCUT2D eigenvalue weighted by atomic mass is 9.75. The number of amides is 2. The Bertz CT molecular complexity index is 973. The van der Waals surface area contributed by atoms with Gasteiger partial charge in [-0.2, -0.15) is 0 Å². The third-order valence-electron chi connectivity index (χ3n) is 7.00. The first-order chi connectivity index (χ1) is 14.8. The number of anilines is 1. The fraction of sp³-hybridized carbons (Fsp3) is 0.481. The molecule has 164 valence electrons. The summed E-state index contributed by atoms with van der Waals surface area (Å²) in [5.74, 6) is 0.370. The van der Waals surface area contributed by atoms with E-state index in [1.807, 2.05) is 38.1 Å². The van der Waals surface area contributed by atoms with Crippen LogP contribution in [-0.4, -0.2) is 17.9 Å². The number of rotatable bonds is 5. The minimum absolute atomic E-state index is 0.00122. The molecule has 1 saturated carbocycles. The van der Waals surface area contributed by atoms with Gasteiger partial charge in [-0.05, 0) is 55.4 Å². The van der Waals surface area contributed by atoms with Gasteiger partial charge < -0.3 is 5.32 Å². The highest BCUT2D eigenvalue weighted by Crippen LogP contribution is 2.46. The first-order valence-electron chi connectivity index (χ1n) is 11.6. The molecule has 4 heteroatoms. The average Bonchev–Trinajstić information content (AvgIpc) is 2.74. The highest BCUT2D eigenvalue weighted by molar-refractivity contribution is 6.14. The zero-order valence-corrected chi connectivity index (χ0v) is 19.2. The van der Waals surface area contributed by atoms with Crippen molar-refractivity contribution in [2.24, 2.45) is 0 Å². The van der Waals surface area contributed by atoms with Crippen LogP contribution in [0.4, 0.5) is 5.69 Å². The van der Waals surface area contributed by atoms with E-state index in [4.69, 9.17) is 0 Å². The number of nitrogens with zero attached hydrogens (tertiary/aromatic N) is 1. The molecule has 2 amide bonds. The first kappa shape index (κ1) is 21.6. The number of benzene rings is 2. The van der Waals surface area contributed by atoms with Crippen molar-refractivity contribution in [2.75, 3.05) is 4.90 Å². The molecule has 1 aliphatic heterocycles. The zero-order valence-electron chi connectivity index (χ0n) is 19.2. The number of β-lactam (4-membered cyclic amide) rings is 1. The summed E-state index contributed by atoms with van der Waals surface area (Å²) in [7, 11) is 0. The summed E-state index contributed by atoms with van der Waals surface area (Å²) in [6, 6.07) is 14.5. The van der Waals surface area contributed by atoms with E-state index in [1.165, 1.54) is 12.0 Å². The molecule has 31 heavy (non-hydrogen) atoms. The average molecular weight is 419 g/mol. The number of aryl methyl sites for hydroxylation is 2. The van der Waals surface area contributed by atoms with Crippen LogP contribution in [0.5, 0.6) is 0 Å². The van der Waals surface area contributed by atoms with Gasteiger partial charge in [-0.15, -0.1) is 0 Å². The van der Waals surface area contributed by atoms with Gasteiger partial charge in [0, 0.05) is 11.7 Å². The Morgan fingerprint density at radius 1 is 1.03 bits per heavy atom. The number of nitrogens with one attached hydrogen (secondary N) is 1. The zero-order chi connectivity index (χ0) is 22.2. The van der Waals surface area contributed by atoms with Crippen molar-refractivity contribution in [3.05, 3.63) is 64.7 Å². The summed E-state index contributed by atoms with van der Waals surface area (Å²) in [6.07, 6.45) is 5.79. The summed E-state index contributed by atoms with van der Waals surface area (Å²) in [6.45, 7) is 8.38. The Morgan fingerprint density at radius 2 is 1.71 bits per heavy atom. The fourth-order valence-electron chi connectivity index (χ4n) is 5.13. The molecule has 2 aliphatic rings. The van der Waals surface area contributed by atoms with Gasteiger partial charge in [0.25, 0.3) is 5.91 Å². The van der Waals surface area contributed by atoms with E-state index in [0.717, 1.165) is 48.1 Å². The van der Waals surface area contributed by atoms with Crippen LogP contribution >= 0.6 is 0 Å². The highest BCUT2D eigenvalue weighted by Gasteiger charge is 2.59. The molecule has 4 rings (SSSR count). The lowest BCUT2D eigenvalue weighted by Gasteiger charge is -2.51. The van der Waals surface area contributed by atoms with E-state index in [1.54, 1.807) is 4.90 Å². The normalized spacial score (nSPS) is 21.8. The molecule has 0 radical (unpaired) electrons. The van der Waals surface area contributed by atoms with E-state index >= 15 is 0 Å². The van der Waals surface area contributed by atoms with Crippen LogP contribution < -0.4 is 10.2 Å². The molecule has 2 aromatic rings. The molecule has 0 bridgehead atoms. The lowest BCUT2D eigenvalue weighted by Crippen LogP contribution is -2.69. The third kappa shape index (κ3) is 3.88. The van der Waals surface area contributed by atoms with Crippen molar-refractivity contribution in [3.63, 3.8) is 0 Å². The van der Waals surface area contributed by atoms with Crippen LogP contribution in [-0.2, 0) is 15.1 Å². The molecule has 1 heterocycles. The number of hydrogen-bond donors (Lipinski definition) is 1. The van der Waals surface area contributed by atoms with Crippen molar-refractivity contribution in [3.8, 4) is 0 Å². The summed E-state index contributed by atoms with van der Waals surface area (Å²) in [4.78, 5) is 28.6. The van der Waals surface area contributed by atoms with Crippen LogP contribution in [0.1, 0.15) is 80.5 Å². The molecule has 1 atom stereocenters. The maximum Gasteiger partial charge on any atom is 0.251 e. The maximum absolute atomic E-state index is 13.8. The lowest BCUT2D eigenvalue weighted by molar-refractivity contribution is -0.141. The Kier molecular flexibility index (Phi) is 5.92. The highest BCUT2D eigenvalue weighted by atomic mass is 16.2. The Morgan fingerprint density at radius 3 is 2.29 bits per heavy atom. The van der Waals surface area contributed by atoms with Crippen LogP contribution in [0.2, 0.25) is 0 Å². The number of hydrogen-bond acceptors (Lipinski definition) is 2. The Balaban J connectivity index is 1.76. The molecule has 1 saturated heterocycles. The van der Waals surface area contributed by atoms with E-state index in [2.05, 4.69) is 37.4 Å². The monoisotopic (exact) mass is 418 g/mol. The van der Waals surface area contributed by atoms with Gasteiger partial charge in [0.1, 0.15) is 0 Å². The van der Waals surface area contributed by atoms with E-state index in [-0.39, 0.29) is 24.3 Å². The smallest absolute Gasteiger partial charge is 0.251 e. The molecular weight excluding hydrogens is 384 g/mol. The van der Waals surface area contributed by atoms with Crippen molar-refractivity contribution >= 4 is 17.5 Å². The van der Waals surface area contributed by atoms with Crippen LogP contribution in [0.3, 0.4) is 0 Å². The van der Waals surface area contributed by atoms with Crippen LogP contribution in [0.25, 0.3) is 0 Å². The van der Waals surface area contributed by atoms with Crippen LogP contribution in [0, 0.1) is 13.8 Å². The quantitative estimate of drug-likeness (QED) is 0.651. The van der Waals surface area contributed by atoms with Gasteiger partial charge in [0.15, 0.2) is 5.54 Å². The molecular formula is C27H34N2O2. The second-order valence-corrected chi connectivity index (χ2v) is 9.64. The van der Waals surface area contributed by atoms with Gasteiger partial charge in [0.05, 0.1) is 6.42 Å². The number of carbonyl (C=O) groups excluding carboxylic acids is 2. The Hall–Kier alpha value is -2.62. The predicted octanol–water partition coefficient (Wildman–Crippen LogP) is 5.51. The van der Waals surface area contributed by atoms with Gasteiger partial charge >= 0.3 is 0 Å². The predicted molar refractivity (Wildman–Crippen MR) is 125 cm³/mol. The topological polar surface area (TPSA) is 49.4 Å². The van der Waals surface area contributed by atoms with E-state index in [0.29, 0.717) is 5.92 Å². The largest absolute Gasteiger partial charge is 0.351 e. The summed E-state index contributed by atoms with van der Waals surface area (Å²) >= 11 is 0. The van der Waals surface area contributed by atoms with Gasteiger partial charge in [-0.3, -0.25) is 14.5 Å². The number of carbonyl (C=O) groups is 2. The van der Waals surface area contributed by atoms with E-state index < -0.39 is 5.54 Å². The molecule has 2 aromatic carbocycles. The summed E-state index contributed by atoms with van der Waals surface area (Å²) < 4.78 is 0. The van der Waals surface area contributed by atoms with Crippen LogP contribution in [0.15, 0.2) is 42.5 Å². The minimum Gasteiger partial charge on any atom is -0.351 e. The second kappa shape index (κ2) is 8.49. The molecule has 4 nitrogen and oxygen atoms in total. The summed E-state index contributed by atoms with van der Waals surface area (Å²) in [5.41, 5.74) is 4.13. The van der Waals surface area contributed by atoms with Crippen molar-refractivity contribution in [2.45, 2.75) is 83.7 Å². The van der Waals surface area contributed by atoms with Crippen molar-refractivity contribution in [1.82, 2.24) is 5.32 Å². The standard InChI is InChI=1S/C27H34N2O2/c1-18(2)21-11-13-22(14-12-21)27(26(31)28-23-8-6-5-7-9-23)17-25(30)29(27)24-15-10-19(3)16-20(24)4/h10-16,18,23H,5-9,17H2,1-4H3,(H,28,31).